The van der Waals surface area contributed by atoms with Gasteiger partial charge in [-0.25, -0.2) is 0 Å². The van der Waals surface area contributed by atoms with E-state index in [1.807, 2.05) is 19.0 Å². The van der Waals surface area contributed by atoms with Crippen molar-refractivity contribution in [1.82, 2.24) is 10.2 Å². The predicted molar refractivity (Wildman–Crippen MR) is 50.5 cm³/mol. The number of aliphatic hydroxyl groups is 1. The van der Waals surface area contributed by atoms with Gasteiger partial charge in [0.2, 0.25) is 0 Å². The van der Waals surface area contributed by atoms with Crippen LogP contribution in [0.2, 0.25) is 0 Å². The van der Waals surface area contributed by atoms with Crippen molar-refractivity contribution in [3.05, 3.63) is 11.8 Å². The van der Waals surface area contributed by atoms with Crippen LogP contribution in [0.5, 0.6) is 0 Å². The Morgan fingerprint density at radius 3 is 2.75 bits per heavy atom. The molecule has 4 nitrogen and oxygen atoms in total. The van der Waals surface area contributed by atoms with E-state index in [0.29, 0.717) is 6.54 Å². The fourth-order valence-electron chi connectivity index (χ4n) is 0.856. The second kappa shape index (κ2) is 6.82. The van der Waals surface area contributed by atoms with E-state index in [1.165, 1.54) is 6.21 Å². The Bertz CT molecular complexity index is 156. The van der Waals surface area contributed by atoms with Gasteiger partial charge in [0.1, 0.15) is 0 Å². The topological polar surface area (TPSA) is 59.4 Å². The lowest BCUT2D eigenvalue weighted by Crippen LogP contribution is -2.28. The molecule has 0 saturated carbocycles. The molecular weight excluding hydrogens is 154 g/mol. The summed E-state index contributed by atoms with van der Waals surface area (Å²) < 4.78 is 0. The van der Waals surface area contributed by atoms with E-state index in [4.69, 9.17) is 10.5 Å². The second-order valence-corrected chi connectivity index (χ2v) is 2.57. The molecule has 0 bridgehead atoms. The first kappa shape index (κ1) is 11.1. The summed E-state index contributed by atoms with van der Waals surface area (Å²) in [5, 5.41) is 18.5. The quantitative estimate of drug-likeness (QED) is 0.479. The van der Waals surface area contributed by atoms with Gasteiger partial charge in [-0.3, -0.25) is 4.90 Å². The Balaban J connectivity index is 3.84. The fourth-order valence-corrected chi connectivity index (χ4v) is 0.856. The molecule has 0 amide bonds. The minimum Gasteiger partial charge on any atom is -0.395 e. The van der Waals surface area contributed by atoms with Crippen LogP contribution in [0.4, 0.5) is 0 Å². The van der Waals surface area contributed by atoms with Crippen molar-refractivity contribution in [2.45, 2.75) is 0 Å². The van der Waals surface area contributed by atoms with Crippen molar-refractivity contribution in [1.29, 1.82) is 5.41 Å². The van der Waals surface area contributed by atoms with E-state index < -0.39 is 0 Å². The van der Waals surface area contributed by atoms with Gasteiger partial charge in [-0.1, -0.05) is 0 Å². The number of likely N-dealkylation sites (N-methyl/N-ethyl adjacent to an activating group) is 2. The molecule has 0 aliphatic carbocycles. The first-order valence-corrected chi connectivity index (χ1v) is 3.91. The summed E-state index contributed by atoms with van der Waals surface area (Å²) >= 11 is 0. The summed E-state index contributed by atoms with van der Waals surface area (Å²) in [6.07, 6.45) is 2.95. The zero-order chi connectivity index (χ0) is 9.40. The average molecular weight is 171 g/mol. The van der Waals surface area contributed by atoms with E-state index in [9.17, 15) is 0 Å². The Kier molecular flexibility index (Phi) is 6.32. The van der Waals surface area contributed by atoms with Crippen molar-refractivity contribution >= 4 is 6.21 Å². The SMILES string of the molecule is CN/C(=C\C=N)CN(C)CCO. The smallest absolute Gasteiger partial charge is 0.0558 e. The van der Waals surface area contributed by atoms with Gasteiger partial charge >= 0.3 is 0 Å². The number of hydrogen-bond donors (Lipinski definition) is 3. The lowest BCUT2D eigenvalue weighted by molar-refractivity contribution is 0.229. The molecule has 0 radical (unpaired) electrons. The highest BCUT2D eigenvalue weighted by molar-refractivity contribution is 5.68. The normalized spacial score (nSPS) is 11.8. The number of aliphatic hydroxyl groups excluding tert-OH is 1. The van der Waals surface area contributed by atoms with Crippen molar-refractivity contribution in [3.8, 4) is 0 Å². The van der Waals surface area contributed by atoms with E-state index in [2.05, 4.69) is 5.32 Å². The van der Waals surface area contributed by atoms with Crippen LogP contribution < -0.4 is 5.32 Å². The molecule has 0 aromatic heterocycles. The Hall–Kier alpha value is -0.870. The van der Waals surface area contributed by atoms with Gasteiger partial charge in [0.25, 0.3) is 0 Å². The molecule has 0 rings (SSSR count). The second-order valence-electron chi connectivity index (χ2n) is 2.57. The van der Waals surface area contributed by atoms with Gasteiger partial charge in [0.15, 0.2) is 0 Å². The summed E-state index contributed by atoms with van der Waals surface area (Å²) in [7, 11) is 3.74. The molecule has 3 N–H and O–H groups in total. The van der Waals surface area contributed by atoms with Gasteiger partial charge in [0, 0.05) is 32.0 Å². The zero-order valence-corrected chi connectivity index (χ0v) is 7.67. The third-order valence-electron chi connectivity index (χ3n) is 1.53. The summed E-state index contributed by atoms with van der Waals surface area (Å²) in [6.45, 7) is 1.54. The third kappa shape index (κ3) is 4.87. The Morgan fingerprint density at radius 1 is 1.67 bits per heavy atom. The van der Waals surface area contributed by atoms with Gasteiger partial charge in [-0.2, -0.15) is 0 Å². The van der Waals surface area contributed by atoms with Crippen LogP contribution >= 0.6 is 0 Å². The van der Waals surface area contributed by atoms with Crippen LogP contribution in [-0.4, -0.2) is 50.0 Å². The van der Waals surface area contributed by atoms with Crippen molar-refractivity contribution in [2.75, 3.05) is 33.8 Å². The summed E-state index contributed by atoms with van der Waals surface area (Å²) in [5.41, 5.74) is 0.973. The van der Waals surface area contributed by atoms with E-state index in [1.54, 1.807) is 6.08 Å². The van der Waals surface area contributed by atoms with Crippen LogP contribution in [0.1, 0.15) is 0 Å². The van der Waals surface area contributed by atoms with Crippen molar-refractivity contribution in [3.63, 3.8) is 0 Å². The highest BCUT2D eigenvalue weighted by Crippen LogP contribution is 1.90. The maximum Gasteiger partial charge on any atom is 0.0558 e. The molecule has 0 aliphatic rings. The highest BCUT2D eigenvalue weighted by atomic mass is 16.3. The maximum atomic E-state index is 8.63. The van der Waals surface area contributed by atoms with Crippen LogP contribution in [0, 0.1) is 5.41 Å². The van der Waals surface area contributed by atoms with Crippen molar-refractivity contribution < 1.29 is 5.11 Å². The van der Waals surface area contributed by atoms with E-state index in [-0.39, 0.29) is 6.61 Å². The van der Waals surface area contributed by atoms with Gasteiger partial charge in [-0.05, 0) is 13.1 Å². The highest BCUT2D eigenvalue weighted by Gasteiger charge is 1.98. The number of nitrogens with zero attached hydrogens (tertiary/aromatic N) is 1. The fraction of sp³-hybridized carbons (Fsp3) is 0.625. The maximum absolute atomic E-state index is 8.63. The number of rotatable bonds is 6. The molecule has 0 atom stereocenters. The molecule has 12 heavy (non-hydrogen) atoms. The minimum atomic E-state index is 0.165. The molecule has 0 spiro atoms. The van der Waals surface area contributed by atoms with E-state index >= 15 is 0 Å². The number of nitrogens with one attached hydrogen (secondary N) is 2. The molecule has 0 unspecified atom stereocenters. The molecule has 0 saturated heterocycles. The van der Waals surface area contributed by atoms with Crippen LogP contribution in [0.15, 0.2) is 11.8 Å². The molecule has 0 aromatic rings. The van der Waals surface area contributed by atoms with E-state index in [0.717, 1.165) is 12.2 Å². The first-order chi connectivity index (χ1) is 5.74. The minimum absolute atomic E-state index is 0.165. The number of hydrogen-bond acceptors (Lipinski definition) is 4. The molecule has 0 aromatic carbocycles. The zero-order valence-electron chi connectivity index (χ0n) is 7.67. The predicted octanol–water partition coefficient (Wildman–Crippen LogP) is -0.337. The van der Waals surface area contributed by atoms with Crippen LogP contribution in [-0.2, 0) is 0 Å². The monoisotopic (exact) mass is 171 g/mol. The molecule has 0 aliphatic heterocycles. The van der Waals surface area contributed by atoms with Crippen LogP contribution in [0.3, 0.4) is 0 Å². The van der Waals surface area contributed by atoms with Gasteiger partial charge in [-0.15, -0.1) is 0 Å². The van der Waals surface area contributed by atoms with Gasteiger partial charge < -0.3 is 15.8 Å². The third-order valence-corrected chi connectivity index (χ3v) is 1.53. The molecule has 4 heteroatoms. The molecule has 70 valence electrons. The Morgan fingerprint density at radius 2 is 2.33 bits per heavy atom. The molecular formula is C8H17N3O. The number of allylic oxidation sites excluding steroid dienone is 1. The molecule has 0 fully saturated rings. The van der Waals surface area contributed by atoms with Crippen molar-refractivity contribution in [2.24, 2.45) is 0 Å². The lowest BCUT2D eigenvalue weighted by Gasteiger charge is -2.16. The largest absolute Gasteiger partial charge is 0.395 e. The Labute approximate surface area is 73.4 Å². The van der Waals surface area contributed by atoms with Crippen LogP contribution in [0.25, 0.3) is 0 Å². The average Bonchev–Trinajstić information content (AvgIpc) is 2.04. The first-order valence-electron chi connectivity index (χ1n) is 3.91. The summed E-state index contributed by atoms with van der Waals surface area (Å²) in [6, 6.07) is 0. The lowest BCUT2D eigenvalue weighted by atomic mass is 10.3. The summed E-state index contributed by atoms with van der Waals surface area (Å²) in [5.74, 6) is 0. The van der Waals surface area contributed by atoms with Gasteiger partial charge in [0.05, 0.1) is 6.61 Å². The standard InChI is InChI=1S/C8H17N3O/c1-10-8(3-4-9)7-11(2)5-6-12/h3-4,9-10,12H,5-7H2,1-2H3/b8-3-,9-4?. The summed E-state index contributed by atoms with van der Waals surface area (Å²) in [4.78, 5) is 1.98. The molecule has 0 heterocycles.